The highest BCUT2D eigenvalue weighted by Crippen LogP contribution is 2.22. The third-order valence-electron chi connectivity index (χ3n) is 6.29. The second-order valence-electron chi connectivity index (χ2n) is 8.52. The van der Waals surface area contributed by atoms with Gasteiger partial charge in [-0.25, -0.2) is 0 Å². The summed E-state index contributed by atoms with van der Waals surface area (Å²) in [7, 11) is 1.62. The Morgan fingerprint density at radius 1 is 1.09 bits per heavy atom. The SMILES string of the molecule is COc1ccc(CN(C(=O)COc2cccc(C)c2C)[C@@H](C)C(=O)NC2CCCC2)cc1. The number of nitrogens with zero attached hydrogens (tertiary/aromatic N) is 1. The lowest BCUT2D eigenvalue weighted by Gasteiger charge is -2.30. The highest BCUT2D eigenvalue weighted by molar-refractivity contribution is 5.88. The minimum atomic E-state index is -0.604. The molecule has 2 aromatic carbocycles. The standard InChI is InChI=1S/C26H34N2O4/c1-18-8-7-11-24(19(18)2)32-17-25(29)28(16-21-12-14-23(31-4)15-13-21)20(3)26(30)27-22-9-5-6-10-22/h7-8,11-15,20,22H,5-6,9-10,16-17H2,1-4H3,(H,27,30)/t20-/m0/s1. The van der Waals surface area contributed by atoms with Crippen LogP contribution in [0.1, 0.15) is 49.3 Å². The van der Waals surface area contributed by atoms with Crippen molar-refractivity contribution < 1.29 is 19.1 Å². The van der Waals surface area contributed by atoms with Crippen LogP contribution in [0.25, 0.3) is 0 Å². The van der Waals surface area contributed by atoms with Gasteiger partial charge in [-0.1, -0.05) is 37.1 Å². The first-order valence-electron chi connectivity index (χ1n) is 11.3. The van der Waals surface area contributed by atoms with Gasteiger partial charge in [0.05, 0.1) is 7.11 Å². The van der Waals surface area contributed by atoms with Crippen molar-refractivity contribution in [3.05, 3.63) is 59.2 Å². The Hall–Kier alpha value is -3.02. The first kappa shape index (κ1) is 23.6. The summed E-state index contributed by atoms with van der Waals surface area (Å²) >= 11 is 0. The van der Waals surface area contributed by atoms with E-state index in [1.54, 1.807) is 18.9 Å². The molecule has 1 saturated carbocycles. The highest BCUT2D eigenvalue weighted by Gasteiger charge is 2.28. The van der Waals surface area contributed by atoms with Crippen molar-refractivity contribution in [2.45, 2.75) is 65.1 Å². The average Bonchev–Trinajstić information content (AvgIpc) is 3.31. The highest BCUT2D eigenvalue weighted by atomic mass is 16.5. The first-order valence-corrected chi connectivity index (χ1v) is 11.3. The summed E-state index contributed by atoms with van der Waals surface area (Å²) < 4.78 is 11.1. The molecule has 172 valence electrons. The van der Waals surface area contributed by atoms with E-state index >= 15 is 0 Å². The van der Waals surface area contributed by atoms with E-state index in [4.69, 9.17) is 9.47 Å². The molecule has 32 heavy (non-hydrogen) atoms. The lowest BCUT2D eigenvalue weighted by atomic mass is 10.1. The molecule has 0 aromatic heterocycles. The Kier molecular flexibility index (Phi) is 8.14. The van der Waals surface area contributed by atoms with Gasteiger partial charge in [0.15, 0.2) is 6.61 Å². The molecular weight excluding hydrogens is 404 g/mol. The van der Waals surface area contributed by atoms with Gasteiger partial charge in [-0.15, -0.1) is 0 Å². The van der Waals surface area contributed by atoms with Crippen LogP contribution in [0.2, 0.25) is 0 Å². The maximum atomic E-state index is 13.2. The monoisotopic (exact) mass is 438 g/mol. The first-order chi connectivity index (χ1) is 15.4. The third kappa shape index (κ3) is 6.02. The molecule has 2 amide bonds. The van der Waals surface area contributed by atoms with Gasteiger partial charge in [0.25, 0.3) is 5.91 Å². The van der Waals surface area contributed by atoms with Crippen molar-refractivity contribution in [3.63, 3.8) is 0 Å². The number of aryl methyl sites for hydroxylation is 1. The summed E-state index contributed by atoms with van der Waals surface area (Å²) in [5.74, 6) is 1.09. The maximum Gasteiger partial charge on any atom is 0.261 e. The number of ether oxygens (including phenoxy) is 2. The minimum absolute atomic E-state index is 0.120. The number of carbonyl (C=O) groups is 2. The van der Waals surface area contributed by atoms with E-state index in [-0.39, 0.29) is 24.5 Å². The van der Waals surface area contributed by atoms with E-state index < -0.39 is 6.04 Å². The zero-order chi connectivity index (χ0) is 23.1. The molecule has 6 heteroatoms. The van der Waals surface area contributed by atoms with Gasteiger partial charge in [-0.2, -0.15) is 0 Å². The number of amides is 2. The molecule has 1 fully saturated rings. The number of nitrogens with one attached hydrogen (secondary N) is 1. The molecule has 1 N–H and O–H groups in total. The Labute approximate surface area is 190 Å². The van der Waals surface area contributed by atoms with Gasteiger partial charge in [0.2, 0.25) is 5.91 Å². The molecular formula is C26H34N2O4. The minimum Gasteiger partial charge on any atom is -0.497 e. The summed E-state index contributed by atoms with van der Waals surface area (Å²) in [6, 6.07) is 12.9. The van der Waals surface area contributed by atoms with Crippen molar-refractivity contribution in [1.29, 1.82) is 0 Å². The van der Waals surface area contributed by atoms with E-state index in [1.807, 2.05) is 56.3 Å². The van der Waals surface area contributed by atoms with Gasteiger partial charge in [0.1, 0.15) is 17.5 Å². The number of benzene rings is 2. The number of hydrogen-bond donors (Lipinski definition) is 1. The molecule has 1 aliphatic carbocycles. The number of rotatable bonds is 9. The third-order valence-corrected chi connectivity index (χ3v) is 6.29. The van der Waals surface area contributed by atoms with Crippen LogP contribution in [-0.2, 0) is 16.1 Å². The molecule has 0 radical (unpaired) electrons. The van der Waals surface area contributed by atoms with Crippen LogP contribution in [0.4, 0.5) is 0 Å². The van der Waals surface area contributed by atoms with E-state index in [2.05, 4.69) is 5.32 Å². The van der Waals surface area contributed by atoms with Crippen molar-refractivity contribution in [2.24, 2.45) is 0 Å². The molecule has 0 bridgehead atoms. The predicted molar refractivity (Wildman–Crippen MR) is 125 cm³/mol. The molecule has 1 aliphatic rings. The van der Waals surface area contributed by atoms with Crippen LogP contribution < -0.4 is 14.8 Å². The van der Waals surface area contributed by atoms with Crippen LogP contribution in [0, 0.1) is 13.8 Å². The van der Waals surface area contributed by atoms with Gasteiger partial charge in [-0.05, 0) is 68.5 Å². The quantitative estimate of drug-likeness (QED) is 0.638. The van der Waals surface area contributed by atoms with Gasteiger partial charge < -0.3 is 19.7 Å². The average molecular weight is 439 g/mol. The topological polar surface area (TPSA) is 67.9 Å². The molecule has 0 aliphatic heterocycles. The van der Waals surface area contributed by atoms with E-state index in [9.17, 15) is 9.59 Å². The van der Waals surface area contributed by atoms with Crippen molar-refractivity contribution in [3.8, 4) is 11.5 Å². The summed E-state index contributed by atoms with van der Waals surface area (Å²) in [6.45, 7) is 5.96. The fourth-order valence-electron chi connectivity index (χ4n) is 4.01. The Bertz CT molecular complexity index is 920. The largest absolute Gasteiger partial charge is 0.497 e. The molecule has 0 saturated heterocycles. The number of carbonyl (C=O) groups excluding carboxylic acids is 2. The molecule has 0 spiro atoms. The fourth-order valence-corrected chi connectivity index (χ4v) is 4.01. The second kappa shape index (κ2) is 11.0. The van der Waals surface area contributed by atoms with Crippen molar-refractivity contribution >= 4 is 11.8 Å². The smallest absolute Gasteiger partial charge is 0.261 e. The molecule has 0 unspecified atom stereocenters. The molecule has 0 heterocycles. The number of methoxy groups -OCH3 is 1. The van der Waals surface area contributed by atoms with Crippen LogP contribution in [0.15, 0.2) is 42.5 Å². The molecule has 3 rings (SSSR count). The van der Waals surface area contributed by atoms with Crippen molar-refractivity contribution in [2.75, 3.05) is 13.7 Å². The molecule has 6 nitrogen and oxygen atoms in total. The maximum absolute atomic E-state index is 13.2. The lowest BCUT2D eigenvalue weighted by molar-refractivity contribution is -0.142. The summed E-state index contributed by atoms with van der Waals surface area (Å²) in [6.07, 6.45) is 4.27. The number of hydrogen-bond acceptors (Lipinski definition) is 4. The zero-order valence-electron chi connectivity index (χ0n) is 19.5. The molecule has 2 aromatic rings. The van der Waals surface area contributed by atoms with E-state index in [0.717, 1.165) is 48.1 Å². The summed E-state index contributed by atoms with van der Waals surface area (Å²) in [5.41, 5.74) is 3.04. The fraction of sp³-hybridized carbons (Fsp3) is 0.462. The predicted octanol–water partition coefficient (Wildman–Crippen LogP) is 4.17. The Morgan fingerprint density at radius 3 is 2.44 bits per heavy atom. The molecule has 1 atom stereocenters. The summed E-state index contributed by atoms with van der Waals surface area (Å²) in [4.78, 5) is 27.8. The Morgan fingerprint density at radius 2 is 1.78 bits per heavy atom. The summed E-state index contributed by atoms with van der Waals surface area (Å²) in [5, 5.41) is 3.11. The zero-order valence-corrected chi connectivity index (χ0v) is 19.5. The Balaban J connectivity index is 1.73. The van der Waals surface area contributed by atoms with Gasteiger partial charge in [0, 0.05) is 12.6 Å². The van der Waals surface area contributed by atoms with E-state index in [0.29, 0.717) is 12.3 Å². The van der Waals surface area contributed by atoms with E-state index in [1.165, 1.54) is 0 Å². The van der Waals surface area contributed by atoms with Gasteiger partial charge in [-0.3, -0.25) is 9.59 Å². The van der Waals surface area contributed by atoms with Crippen LogP contribution in [0.5, 0.6) is 11.5 Å². The van der Waals surface area contributed by atoms with Crippen molar-refractivity contribution in [1.82, 2.24) is 10.2 Å². The normalized spacial score (nSPS) is 14.6. The lowest BCUT2D eigenvalue weighted by Crippen LogP contribution is -2.50. The van der Waals surface area contributed by atoms with Crippen LogP contribution in [-0.4, -0.2) is 42.5 Å². The van der Waals surface area contributed by atoms with Crippen LogP contribution in [0.3, 0.4) is 0 Å². The van der Waals surface area contributed by atoms with Gasteiger partial charge >= 0.3 is 0 Å². The van der Waals surface area contributed by atoms with Crippen LogP contribution >= 0.6 is 0 Å². The second-order valence-corrected chi connectivity index (χ2v) is 8.52.